The Morgan fingerprint density at radius 1 is 1.27 bits per heavy atom. The molecule has 0 atom stereocenters. The molecule has 0 fully saturated rings. The van der Waals surface area contributed by atoms with E-state index < -0.39 is 5.03 Å². The molecular weight excluding hydrogens is 168 g/mol. The van der Waals surface area contributed by atoms with Gasteiger partial charge in [-0.3, -0.25) is 0 Å². The van der Waals surface area contributed by atoms with Gasteiger partial charge in [0.2, 0.25) is 0 Å². The SMILES string of the molecule is Cl.O=[N+]([O-])Nc1ccccc1. The van der Waals surface area contributed by atoms with Crippen LogP contribution in [0.3, 0.4) is 0 Å². The standard InChI is InChI=1S/C6H6N2O2.ClH/c9-8(10)7-6-4-2-1-3-5-6;/h1-5,7H;1H. The summed E-state index contributed by atoms with van der Waals surface area (Å²) in [7, 11) is 0. The van der Waals surface area contributed by atoms with Crippen molar-refractivity contribution in [3.05, 3.63) is 40.4 Å². The van der Waals surface area contributed by atoms with Crippen LogP contribution >= 0.6 is 12.4 Å². The number of nitrogens with one attached hydrogen (secondary N) is 1. The molecule has 0 unspecified atom stereocenters. The molecule has 0 bridgehead atoms. The fourth-order valence-corrected chi connectivity index (χ4v) is 0.618. The number of nitro groups is 1. The fourth-order valence-electron chi connectivity index (χ4n) is 0.618. The number of hydrogen-bond donors (Lipinski definition) is 1. The number of rotatable bonds is 2. The number of benzene rings is 1. The van der Waals surface area contributed by atoms with E-state index in [1.165, 1.54) is 0 Å². The summed E-state index contributed by atoms with van der Waals surface area (Å²) in [5, 5.41) is 9.28. The summed E-state index contributed by atoms with van der Waals surface area (Å²) in [6, 6.07) is 8.51. The van der Waals surface area contributed by atoms with E-state index >= 15 is 0 Å². The molecule has 1 N–H and O–H groups in total. The van der Waals surface area contributed by atoms with Crippen molar-refractivity contribution < 1.29 is 5.03 Å². The monoisotopic (exact) mass is 174 g/mol. The van der Waals surface area contributed by atoms with Crippen LogP contribution in [-0.2, 0) is 0 Å². The summed E-state index contributed by atoms with van der Waals surface area (Å²) >= 11 is 0. The molecule has 11 heavy (non-hydrogen) atoms. The Morgan fingerprint density at radius 2 is 1.82 bits per heavy atom. The predicted molar refractivity (Wildman–Crippen MR) is 44.3 cm³/mol. The molecule has 60 valence electrons. The van der Waals surface area contributed by atoms with Gasteiger partial charge in [-0.05, 0) is 12.1 Å². The zero-order valence-corrected chi connectivity index (χ0v) is 6.38. The second kappa shape index (κ2) is 4.51. The average molecular weight is 175 g/mol. The van der Waals surface area contributed by atoms with Gasteiger partial charge in [-0.2, -0.15) is 0 Å². The lowest BCUT2D eigenvalue weighted by atomic mass is 10.3. The van der Waals surface area contributed by atoms with Gasteiger partial charge in [-0.1, -0.05) is 18.2 Å². The Morgan fingerprint density at radius 3 is 2.27 bits per heavy atom. The van der Waals surface area contributed by atoms with Crippen molar-refractivity contribution in [2.45, 2.75) is 0 Å². The maximum Gasteiger partial charge on any atom is 0.162 e. The maximum absolute atomic E-state index is 9.86. The molecule has 0 saturated carbocycles. The zero-order chi connectivity index (χ0) is 7.40. The Balaban J connectivity index is 0.000001000. The quantitative estimate of drug-likeness (QED) is 0.549. The van der Waals surface area contributed by atoms with Gasteiger partial charge in [0.15, 0.2) is 5.03 Å². The largest absolute Gasteiger partial charge is 0.235 e. The fraction of sp³-hybridized carbons (Fsp3) is 0. The summed E-state index contributed by atoms with van der Waals surface area (Å²) < 4.78 is 0. The van der Waals surface area contributed by atoms with Crippen molar-refractivity contribution in [1.82, 2.24) is 0 Å². The van der Waals surface area contributed by atoms with E-state index in [1.807, 2.05) is 5.43 Å². The van der Waals surface area contributed by atoms with Crippen molar-refractivity contribution in [2.75, 3.05) is 5.43 Å². The molecular formula is C6H7ClN2O2. The minimum absolute atomic E-state index is 0. The molecule has 0 aliphatic carbocycles. The highest BCUT2D eigenvalue weighted by Crippen LogP contribution is 2.03. The van der Waals surface area contributed by atoms with Gasteiger partial charge in [-0.25, -0.2) is 10.1 Å². The summed E-state index contributed by atoms with van der Waals surface area (Å²) in [6.07, 6.45) is 0. The highest BCUT2D eigenvalue weighted by Gasteiger charge is 1.93. The van der Waals surface area contributed by atoms with Gasteiger partial charge >= 0.3 is 0 Å². The second-order valence-corrected chi connectivity index (χ2v) is 1.73. The van der Waals surface area contributed by atoms with Crippen molar-refractivity contribution in [2.24, 2.45) is 0 Å². The molecule has 0 heterocycles. The Labute approximate surface area is 69.8 Å². The topological polar surface area (TPSA) is 55.2 Å². The summed E-state index contributed by atoms with van der Waals surface area (Å²) in [5.41, 5.74) is 2.52. The molecule has 0 saturated heterocycles. The second-order valence-electron chi connectivity index (χ2n) is 1.73. The summed E-state index contributed by atoms with van der Waals surface area (Å²) in [6.45, 7) is 0. The van der Waals surface area contributed by atoms with Crippen molar-refractivity contribution in [3.8, 4) is 0 Å². The van der Waals surface area contributed by atoms with Crippen molar-refractivity contribution in [3.63, 3.8) is 0 Å². The van der Waals surface area contributed by atoms with Crippen molar-refractivity contribution in [1.29, 1.82) is 0 Å². The first-order valence-corrected chi connectivity index (χ1v) is 2.75. The average Bonchev–Trinajstić information content (AvgIpc) is 1.88. The van der Waals surface area contributed by atoms with Crippen LogP contribution in [0.4, 0.5) is 5.69 Å². The first-order chi connectivity index (χ1) is 4.79. The first-order valence-electron chi connectivity index (χ1n) is 2.75. The lowest BCUT2D eigenvalue weighted by molar-refractivity contribution is -0.445. The van der Waals surface area contributed by atoms with Gasteiger partial charge < -0.3 is 0 Å². The lowest BCUT2D eigenvalue weighted by Crippen LogP contribution is -2.06. The molecule has 0 aliphatic heterocycles. The molecule has 1 rings (SSSR count). The van der Waals surface area contributed by atoms with E-state index in [0.29, 0.717) is 5.69 Å². The van der Waals surface area contributed by atoms with Gasteiger partial charge in [0, 0.05) is 0 Å². The predicted octanol–water partition coefficient (Wildman–Crippen LogP) is 1.71. The van der Waals surface area contributed by atoms with Gasteiger partial charge in [-0.15, -0.1) is 17.8 Å². The van der Waals surface area contributed by atoms with E-state index in [4.69, 9.17) is 0 Å². The minimum atomic E-state index is -0.588. The van der Waals surface area contributed by atoms with E-state index in [1.54, 1.807) is 30.3 Å². The van der Waals surface area contributed by atoms with Crippen LogP contribution in [0.1, 0.15) is 0 Å². The Hall–Kier alpha value is -1.29. The van der Waals surface area contributed by atoms with E-state index in [0.717, 1.165) is 0 Å². The maximum atomic E-state index is 9.86. The van der Waals surface area contributed by atoms with Crippen LogP contribution in [0.25, 0.3) is 0 Å². The van der Waals surface area contributed by atoms with E-state index in [2.05, 4.69) is 0 Å². The minimum Gasteiger partial charge on any atom is -0.235 e. The summed E-state index contributed by atoms with van der Waals surface area (Å²) in [5.74, 6) is 0. The zero-order valence-electron chi connectivity index (χ0n) is 5.56. The number of hydrazine groups is 1. The molecule has 0 spiro atoms. The van der Waals surface area contributed by atoms with Crippen molar-refractivity contribution >= 4 is 18.1 Å². The van der Waals surface area contributed by atoms with Crippen LogP contribution in [0.2, 0.25) is 0 Å². The molecule has 0 amide bonds. The molecule has 0 aromatic heterocycles. The number of hydrogen-bond acceptors (Lipinski definition) is 2. The number of anilines is 1. The molecule has 4 nitrogen and oxygen atoms in total. The Bertz CT molecular complexity index is 227. The first kappa shape index (κ1) is 9.71. The molecule has 0 aliphatic rings. The van der Waals surface area contributed by atoms with Gasteiger partial charge in [0.05, 0.1) is 0 Å². The third-order valence-corrected chi connectivity index (χ3v) is 0.994. The van der Waals surface area contributed by atoms with Crippen LogP contribution in [0.15, 0.2) is 30.3 Å². The lowest BCUT2D eigenvalue weighted by Gasteiger charge is -1.93. The third-order valence-electron chi connectivity index (χ3n) is 0.994. The number of nitrogens with zero attached hydrogens (tertiary/aromatic N) is 1. The molecule has 0 radical (unpaired) electrons. The highest BCUT2D eigenvalue weighted by atomic mass is 35.5. The van der Waals surface area contributed by atoms with Crippen LogP contribution in [0.5, 0.6) is 0 Å². The molecule has 1 aromatic carbocycles. The van der Waals surface area contributed by atoms with E-state index in [9.17, 15) is 10.1 Å². The summed E-state index contributed by atoms with van der Waals surface area (Å²) in [4.78, 5) is 9.86. The highest BCUT2D eigenvalue weighted by molar-refractivity contribution is 5.85. The van der Waals surface area contributed by atoms with E-state index in [-0.39, 0.29) is 12.4 Å². The van der Waals surface area contributed by atoms with Gasteiger partial charge in [0.25, 0.3) is 0 Å². The van der Waals surface area contributed by atoms with Crippen LogP contribution in [0, 0.1) is 10.1 Å². The van der Waals surface area contributed by atoms with Gasteiger partial charge in [0.1, 0.15) is 5.69 Å². The van der Waals surface area contributed by atoms with Crippen LogP contribution in [-0.4, -0.2) is 5.03 Å². The normalized spacial score (nSPS) is 8.00. The number of halogens is 1. The third kappa shape index (κ3) is 3.42. The molecule has 1 aromatic rings. The Kier molecular flexibility index (Phi) is 3.98. The smallest absolute Gasteiger partial charge is 0.162 e. The number of para-hydroxylation sites is 1. The van der Waals surface area contributed by atoms with Crippen LogP contribution < -0.4 is 5.43 Å². The molecule has 5 heteroatoms.